The molecule has 0 fully saturated rings. The number of halogens is 1. The number of amides is 1. The molecule has 0 atom stereocenters. The molecule has 0 saturated heterocycles. The molecule has 3 aromatic rings. The van der Waals surface area contributed by atoms with Gasteiger partial charge in [0.25, 0.3) is 5.91 Å². The highest BCUT2D eigenvalue weighted by Crippen LogP contribution is 2.42. The molecule has 6 heteroatoms. The summed E-state index contributed by atoms with van der Waals surface area (Å²) in [6.45, 7) is 0.534. The fraction of sp³-hybridized carbons (Fsp3) is 0.158. The first-order valence-corrected chi connectivity index (χ1v) is 9.32. The van der Waals surface area contributed by atoms with E-state index in [1.807, 2.05) is 42.5 Å². The Balaban J connectivity index is 1.45. The fourth-order valence-corrected chi connectivity index (χ4v) is 4.00. The monoisotopic (exact) mass is 370 g/mol. The van der Waals surface area contributed by atoms with Crippen LogP contribution in [0.15, 0.2) is 57.9 Å². The van der Waals surface area contributed by atoms with Gasteiger partial charge in [0, 0.05) is 33.3 Å². The van der Waals surface area contributed by atoms with Crippen LogP contribution in [0.2, 0.25) is 5.02 Å². The van der Waals surface area contributed by atoms with Gasteiger partial charge in [-0.1, -0.05) is 41.0 Å². The number of nitrogens with zero attached hydrogens (tertiary/aromatic N) is 1. The predicted octanol–water partition coefficient (Wildman–Crippen LogP) is 4.57. The largest absolute Gasteiger partial charge is 0.355 e. The van der Waals surface area contributed by atoms with Crippen molar-refractivity contribution in [2.75, 3.05) is 6.54 Å². The topological polar surface area (TPSA) is 55.1 Å². The predicted molar refractivity (Wildman–Crippen MR) is 99.0 cm³/mol. The molecule has 1 aromatic heterocycles. The summed E-state index contributed by atoms with van der Waals surface area (Å²) < 4.78 is 5.47. The Labute approximate surface area is 154 Å². The van der Waals surface area contributed by atoms with Gasteiger partial charge in [-0.05, 0) is 36.2 Å². The quantitative estimate of drug-likeness (QED) is 0.730. The molecule has 2 aromatic carbocycles. The molecule has 1 aliphatic rings. The molecule has 0 bridgehead atoms. The summed E-state index contributed by atoms with van der Waals surface area (Å²) in [4.78, 5) is 13.6. The van der Waals surface area contributed by atoms with Crippen LogP contribution in [0.4, 0.5) is 0 Å². The second kappa shape index (κ2) is 6.94. The minimum atomic E-state index is -0.195. The van der Waals surface area contributed by atoms with Crippen molar-refractivity contribution in [1.82, 2.24) is 10.5 Å². The molecule has 126 valence electrons. The summed E-state index contributed by atoms with van der Waals surface area (Å²) in [5.41, 5.74) is 3.37. The highest BCUT2D eigenvalue weighted by atomic mass is 35.5. The van der Waals surface area contributed by atoms with Gasteiger partial charge >= 0.3 is 0 Å². The third kappa shape index (κ3) is 3.30. The van der Waals surface area contributed by atoms with Crippen LogP contribution < -0.4 is 5.32 Å². The summed E-state index contributed by atoms with van der Waals surface area (Å²) in [6, 6.07) is 15.6. The molecule has 25 heavy (non-hydrogen) atoms. The van der Waals surface area contributed by atoms with Gasteiger partial charge in [0.05, 0.1) is 0 Å². The number of carbonyl (C=O) groups excluding carboxylic acids is 1. The Morgan fingerprint density at radius 1 is 1.20 bits per heavy atom. The van der Waals surface area contributed by atoms with Crippen LogP contribution >= 0.6 is 23.4 Å². The first-order chi connectivity index (χ1) is 12.2. The summed E-state index contributed by atoms with van der Waals surface area (Å²) >= 11 is 7.57. The average molecular weight is 371 g/mol. The number of thioether (sulfide) groups is 1. The number of hydrogen-bond acceptors (Lipinski definition) is 4. The fourth-order valence-electron chi connectivity index (χ4n) is 2.82. The molecule has 0 spiro atoms. The first-order valence-electron chi connectivity index (χ1n) is 7.96. The van der Waals surface area contributed by atoms with E-state index >= 15 is 0 Å². The third-order valence-corrected chi connectivity index (χ3v) is 5.47. The van der Waals surface area contributed by atoms with E-state index in [4.69, 9.17) is 16.1 Å². The number of benzene rings is 2. The molecular formula is C19H15ClN2O2S. The molecule has 4 rings (SSSR count). The van der Waals surface area contributed by atoms with Crippen LogP contribution in [0.1, 0.15) is 21.6 Å². The zero-order valence-electron chi connectivity index (χ0n) is 13.3. The van der Waals surface area contributed by atoms with E-state index in [1.54, 1.807) is 11.8 Å². The Kier molecular flexibility index (Phi) is 4.51. The lowest BCUT2D eigenvalue weighted by Gasteiger charge is -2.13. The second-order valence-electron chi connectivity index (χ2n) is 5.76. The Hall–Kier alpha value is -2.24. The van der Waals surface area contributed by atoms with Gasteiger partial charge in [0.2, 0.25) is 0 Å². The van der Waals surface area contributed by atoms with E-state index in [1.165, 1.54) is 0 Å². The van der Waals surface area contributed by atoms with Crippen LogP contribution in [0.3, 0.4) is 0 Å². The summed E-state index contributed by atoms with van der Waals surface area (Å²) in [6.07, 6.45) is 0.737. The SMILES string of the molecule is O=C(NCCc1ccc(Cl)cc1)c1noc2c1CSc1ccccc1-2. The van der Waals surface area contributed by atoms with Crippen LogP contribution in [0, 0.1) is 0 Å². The average Bonchev–Trinajstić information content (AvgIpc) is 3.08. The number of rotatable bonds is 4. The van der Waals surface area contributed by atoms with Crippen LogP contribution in [0.5, 0.6) is 0 Å². The Morgan fingerprint density at radius 2 is 2.00 bits per heavy atom. The zero-order valence-corrected chi connectivity index (χ0v) is 14.9. The molecule has 0 saturated carbocycles. The number of fused-ring (bicyclic) bond motifs is 3. The van der Waals surface area contributed by atoms with Crippen molar-refractivity contribution in [3.05, 3.63) is 70.4 Å². The number of hydrogen-bond donors (Lipinski definition) is 1. The van der Waals surface area contributed by atoms with Crippen molar-refractivity contribution in [3.63, 3.8) is 0 Å². The Bertz CT molecular complexity index is 921. The molecule has 0 unspecified atom stereocenters. The molecule has 0 radical (unpaired) electrons. The zero-order chi connectivity index (χ0) is 17.2. The van der Waals surface area contributed by atoms with Gasteiger partial charge in [-0.25, -0.2) is 0 Å². The van der Waals surface area contributed by atoms with Crippen molar-refractivity contribution in [1.29, 1.82) is 0 Å². The normalized spacial score (nSPS) is 12.4. The third-order valence-electron chi connectivity index (χ3n) is 4.12. The number of carbonyl (C=O) groups is 1. The lowest BCUT2D eigenvalue weighted by atomic mass is 10.1. The van der Waals surface area contributed by atoms with Gasteiger partial charge in [0.15, 0.2) is 11.5 Å². The van der Waals surface area contributed by atoms with Gasteiger partial charge < -0.3 is 9.84 Å². The van der Waals surface area contributed by atoms with Gasteiger partial charge in [-0.3, -0.25) is 4.79 Å². The molecule has 4 nitrogen and oxygen atoms in total. The van der Waals surface area contributed by atoms with E-state index in [0.717, 1.165) is 28.0 Å². The summed E-state index contributed by atoms with van der Waals surface area (Å²) in [5, 5.41) is 7.64. The van der Waals surface area contributed by atoms with Crippen molar-refractivity contribution < 1.29 is 9.32 Å². The highest BCUT2D eigenvalue weighted by molar-refractivity contribution is 7.98. The highest BCUT2D eigenvalue weighted by Gasteiger charge is 2.27. The molecule has 1 amide bonds. The van der Waals surface area contributed by atoms with Crippen LogP contribution in [0.25, 0.3) is 11.3 Å². The van der Waals surface area contributed by atoms with Crippen molar-refractivity contribution in [3.8, 4) is 11.3 Å². The molecular weight excluding hydrogens is 356 g/mol. The van der Waals surface area contributed by atoms with E-state index in [-0.39, 0.29) is 5.91 Å². The first kappa shape index (κ1) is 16.2. The van der Waals surface area contributed by atoms with E-state index in [9.17, 15) is 4.79 Å². The molecule has 2 heterocycles. The van der Waals surface area contributed by atoms with Crippen molar-refractivity contribution in [2.24, 2.45) is 0 Å². The standard InChI is InChI=1S/C19H15ClN2O2S/c20-13-7-5-12(6-8-13)9-10-21-19(23)17-15-11-25-16-4-2-1-3-14(16)18(15)24-22-17/h1-8H,9-11H2,(H,21,23). The second-order valence-corrected chi connectivity index (χ2v) is 7.21. The van der Waals surface area contributed by atoms with Crippen molar-refractivity contribution >= 4 is 29.3 Å². The molecule has 1 aliphatic heterocycles. The lowest BCUT2D eigenvalue weighted by molar-refractivity contribution is 0.0944. The number of aromatic nitrogens is 1. The molecule has 0 aliphatic carbocycles. The molecule has 1 N–H and O–H groups in total. The summed E-state index contributed by atoms with van der Waals surface area (Å²) in [5.74, 6) is 1.20. The maximum Gasteiger partial charge on any atom is 0.273 e. The van der Waals surface area contributed by atoms with Gasteiger partial charge in [-0.15, -0.1) is 11.8 Å². The minimum absolute atomic E-state index is 0.195. The summed E-state index contributed by atoms with van der Waals surface area (Å²) in [7, 11) is 0. The maximum absolute atomic E-state index is 12.5. The smallest absolute Gasteiger partial charge is 0.273 e. The Morgan fingerprint density at radius 3 is 2.84 bits per heavy atom. The van der Waals surface area contributed by atoms with Gasteiger partial charge in [-0.2, -0.15) is 0 Å². The van der Waals surface area contributed by atoms with E-state index in [0.29, 0.717) is 28.8 Å². The van der Waals surface area contributed by atoms with Crippen LogP contribution in [-0.2, 0) is 12.2 Å². The van der Waals surface area contributed by atoms with Gasteiger partial charge in [0.1, 0.15) is 0 Å². The minimum Gasteiger partial charge on any atom is -0.355 e. The lowest BCUT2D eigenvalue weighted by Crippen LogP contribution is -2.27. The van der Waals surface area contributed by atoms with E-state index in [2.05, 4.69) is 16.5 Å². The van der Waals surface area contributed by atoms with Crippen molar-refractivity contribution in [2.45, 2.75) is 17.1 Å². The van der Waals surface area contributed by atoms with E-state index < -0.39 is 0 Å². The number of nitrogens with one attached hydrogen (secondary N) is 1. The van der Waals surface area contributed by atoms with Crippen LogP contribution in [-0.4, -0.2) is 17.6 Å². The maximum atomic E-state index is 12.5.